The minimum atomic E-state index is 0.456. The average Bonchev–Trinajstić information content (AvgIpc) is 2.24. The fourth-order valence-corrected chi connectivity index (χ4v) is 2.45. The molecule has 1 N–H and O–H groups in total. The molecule has 0 bridgehead atoms. The largest absolute Gasteiger partial charge is 0.316 e. The molecule has 1 saturated heterocycles. The first kappa shape index (κ1) is 15.0. The Morgan fingerprint density at radius 1 is 1.29 bits per heavy atom. The first-order valence-corrected chi connectivity index (χ1v) is 7.33. The van der Waals surface area contributed by atoms with Crippen molar-refractivity contribution in [3.8, 4) is 0 Å². The van der Waals surface area contributed by atoms with Gasteiger partial charge in [-0.3, -0.25) is 0 Å². The number of hydrogen-bond acceptors (Lipinski definition) is 2. The van der Waals surface area contributed by atoms with Gasteiger partial charge in [0.05, 0.1) is 0 Å². The Balaban J connectivity index is 2.37. The molecule has 1 rings (SSSR count). The normalized spacial score (nSPS) is 22.4. The van der Waals surface area contributed by atoms with Gasteiger partial charge < -0.3 is 10.2 Å². The summed E-state index contributed by atoms with van der Waals surface area (Å²) in [5.74, 6) is 0.867. The van der Waals surface area contributed by atoms with E-state index in [2.05, 4.69) is 44.8 Å². The van der Waals surface area contributed by atoms with Crippen LogP contribution in [0, 0.1) is 11.3 Å². The van der Waals surface area contributed by atoms with Crippen molar-refractivity contribution in [1.82, 2.24) is 10.2 Å². The van der Waals surface area contributed by atoms with Crippen LogP contribution in [0.5, 0.6) is 0 Å². The van der Waals surface area contributed by atoms with Gasteiger partial charge in [0.1, 0.15) is 0 Å². The van der Waals surface area contributed by atoms with Crippen molar-refractivity contribution in [1.29, 1.82) is 0 Å². The van der Waals surface area contributed by atoms with E-state index in [0.29, 0.717) is 11.5 Å². The highest BCUT2D eigenvalue weighted by molar-refractivity contribution is 4.76. The second-order valence-electron chi connectivity index (χ2n) is 7.11. The third-order valence-electron chi connectivity index (χ3n) is 3.77. The highest BCUT2D eigenvalue weighted by atomic mass is 15.1. The summed E-state index contributed by atoms with van der Waals surface area (Å²) in [7, 11) is 0. The standard InChI is InChI=1S/C15H32N2/c1-13(2)17(10-8-15(3,4)5)12-14-7-6-9-16-11-14/h13-14,16H,6-12H2,1-5H3. The lowest BCUT2D eigenvalue weighted by Gasteiger charge is -2.34. The lowest BCUT2D eigenvalue weighted by molar-refractivity contribution is 0.151. The third-order valence-corrected chi connectivity index (χ3v) is 3.77. The molecule has 0 spiro atoms. The van der Waals surface area contributed by atoms with E-state index in [1.807, 2.05) is 0 Å². The lowest BCUT2D eigenvalue weighted by Crippen LogP contribution is -2.42. The van der Waals surface area contributed by atoms with Gasteiger partial charge in [-0.05, 0) is 64.1 Å². The molecule has 1 aliphatic heterocycles. The molecule has 0 aliphatic carbocycles. The molecular formula is C15H32N2. The van der Waals surface area contributed by atoms with Gasteiger partial charge in [-0.2, -0.15) is 0 Å². The molecule has 0 aromatic carbocycles. The molecule has 1 unspecified atom stereocenters. The summed E-state index contributed by atoms with van der Waals surface area (Å²) >= 11 is 0. The van der Waals surface area contributed by atoms with Crippen molar-refractivity contribution in [2.45, 2.75) is 59.9 Å². The van der Waals surface area contributed by atoms with Crippen molar-refractivity contribution < 1.29 is 0 Å². The van der Waals surface area contributed by atoms with E-state index in [-0.39, 0.29) is 0 Å². The van der Waals surface area contributed by atoms with Gasteiger partial charge in [0.2, 0.25) is 0 Å². The number of piperidine rings is 1. The first-order valence-electron chi connectivity index (χ1n) is 7.33. The van der Waals surface area contributed by atoms with Gasteiger partial charge in [0.25, 0.3) is 0 Å². The second kappa shape index (κ2) is 6.75. The average molecular weight is 240 g/mol. The summed E-state index contributed by atoms with van der Waals surface area (Å²) < 4.78 is 0. The summed E-state index contributed by atoms with van der Waals surface area (Å²) in [5, 5.41) is 3.52. The zero-order valence-corrected chi connectivity index (χ0v) is 12.6. The maximum atomic E-state index is 3.52. The maximum absolute atomic E-state index is 3.52. The summed E-state index contributed by atoms with van der Waals surface area (Å²) in [5.41, 5.74) is 0.456. The van der Waals surface area contributed by atoms with E-state index in [1.165, 1.54) is 45.4 Å². The van der Waals surface area contributed by atoms with E-state index >= 15 is 0 Å². The van der Waals surface area contributed by atoms with Crippen molar-refractivity contribution in [2.24, 2.45) is 11.3 Å². The van der Waals surface area contributed by atoms with Crippen molar-refractivity contribution in [3.05, 3.63) is 0 Å². The van der Waals surface area contributed by atoms with Crippen LogP contribution >= 0.6 is 0 Å². The lowest BCUT2D eigenvalue weighted by atomic mass is 9.91. The fourth-order valence-electron chi connectivity index (χ4n) is 2.45. The zero-order chi connectivity index (χ0) is 12.9. The number of nitrogens with zero attached hydrogens (tertiary/aromatic N) is 1. The van der Waals surface area contributed by atoms with Crippen LogP contribution in [0.25, 0.3) is 0 Å². The third kappa shape index (κ3) is 6.42. The number of hydrogen-bond donors (Lipinski definition) is 1. The Hall–Kier alpha value is -0.0800. The van der Waals surface area contributed by atoms with Crippen LogP contribution in [0.15, 0.2) is 0 Å². The van der Waals surface area contributed by atoms with Crippen LogP contribution in [-0.4, -0.2) is 37.1 Å². The molecule has 0 saturated carbocycles. The molecule has 1 fully saturated rings. The monoisotopic (exact) mass is 240 g/mol. The van der Waals surface area contributed by atoms with Gasteiger partial charge in [-0.25, -0.2) is 0 Å². The van der Waals surface area contributed by atoms with Crippen LogP contribution in [0.4, 0.5) is 0 Å². The van der Waals surface area contributed by atoms with Crippen molar-refractivity contribution in [2.75, 3.05) is 26.2 Å². The number of nitrogens with one attached hydrogen (secondary N) is 1. The van der Waals surface area contributed by atoms with E-state index < -0.39 is 0 Å². The molecule has 1 aliphatic rings. The Morgan fingerprint density at radius 2 is 2.00 bits per heavy atom. The Labute approximate surface area is 108 Å². The fraction of sp³-hybridized carbons (Fsp3) is 1.00. The number of rotatable bonds is 5. The van der Waals surface area contributed by atoms with Crippen LogP contribution in [-0.2, 0) is 0 Å². The predicted octanol–water partition coefficient (Wildman–Crippen LogP) is 3.13. The predicted molar refractivity (Wildman–Crippen MR) is 76.4 cm³/mol. The summed E-state index contributed by atoms with van der Waals surface area (Å²) in [4.78, 5) is 2.67. The van der Waals surface area contributed by atoms with Gasteiger partial charge in [-0.1, -0.05) is 20.8 Å². The molecule has 0 radical (unpaired) electrons. The van der Waals surface area contributed by atoms with Crippen LogP contribution in [0.3, 0.4) is 0 Å². The second-order valence-corrected chi connectivity index (χ2v) is 7.11. The molecular weight excluding hydrogens is 208 g/mol. The van der Waals surface area contributed by atoms with Crippen molar-refractivity contribution >= 4 is 0 Å². The molecule has 2 heteroatoms. The van der Waals surface area contributed by atoms with Gasteiger partial charge in [0.15, 0.2) is 0 Å². The first-order chi connectivity index (χ1) is 7.88. The minimum absolute atomic E-state index is 0.456. The molecule has 1 heterocycles. The highest BCUT2D eigenvalue weighted by Crippen LogP contribution is 2.21. The van der Waals surface area contributed by atoms with Crippen LogP contribution < -0.4 is 5.32 Å². The van der Waals surface area contributed by atoms with E-state index in [0.717, 1.165) is 5.92 Å². The Morgan fingerprint density at radius 3 is 2.47 bits per heavy atom. The highest BCUT2D eigenvalue weighted by Gasteiger charge is 2.20. The summed E-state index contributed by atoms with van der Waals surface area (Å²) in [6.07, 6.45) is 4.06. The van der Waals surface area contributed by atoms with E-state index in [9.17, 15) is 0 Å². The minimum Gasteiger partial charge on any atom is -0.316 e. The molecule has 17 heavy (non-hydrogen) atoms. The van der Waals surface area contributed by atoms with Gasteiger partial charge >= 0.3 is 0 Å². The summed E-state index contributed by atoms with van der Waals surface area (Å²) in [6.45, 7) is 16.7. The Kier molecular flexibility index (Phi) is 5.94. The summed E-state index contributed by atoms with van der Waals surface area (Å²) in [6, 6.07) is 0.680. The molecule has 0 aromatic rings. The molecule has 2 nitrogen and oxygen atoms in total. The smallest absolute Gasteiger partial charge is 0.00387 e. The van der Waals surface area contributed by atoms with E-state index in [1.54, 1.807) is 0 Å². The van der Waals surface area contributed by atoms with Gasteiger partial charge in [-0.15, -0.1) is 0 Å². The molecule has 0 aromatic heterocycles. The van der Waals surface area contributed by atoms with Crippen LogP contribution in [0.2, 0.25) is 0 Å². The van der Waals surface area contributed by atoms with E-state index in [4.69, 9.17) is 0 Å². The van der Waals surface area contributed by atoms with Crippen molar-refractivity contribution in [3.63, 3.8) is 0 Å². The Bertz CT molecular complexity index is 199. The molecule has 102 valence electrons. The maximum Gasteiger partial charge on any atom is 0.00387 e. The quantitative estimate of drug-likeness (QED) is 0.794. The molecule has 0 amide bonds. The van der Waals surface area contributed by atoms with Gasteiger partial charge in [0, 0.05) is 12.6 Å². The SMILES string of the molecule is CC(C)N(CCC(C)(C)C)CC1CCCNC1. The van der Waals surface area contributed by atoms with Crippen LogP contribution in [0.1, 0.15) is 53.9 Å². The molecule has 1 atom stereocenters. The zero-order valence-electron chi connectivity index (χ0n) is 12.6. The topological polar surface area (TPSA) is 15.3 Å².